The molecule has 242 valence electrons. The van der Waals surface area contributed by atoms with E-state index in [0.717, 1.165) is 23.6 Å². The quantitative estimate of drug-likeness (QED) is 0.0502. The smallest absolute Gasteiger partial charge is 0.243 e. The lowest BCUT2D eigenvalue weighted by Crippen LogP contribution is -2.52. The van der Waals surface area contributed by atoms with Gasteiger partial charge in [-0.15, -0.1) is 11.3 Å². The first-order chi connectivity index (χ1) is 21.2. The molecule has 0 saturated heterocycles. The van der Waals surface area contributed by atoms with Gasteiger partial charge < -0.3 is 42.8 Å². The Labute approximate surface area is 261 Å². The van der Waals surface area contributed by atoms with Crippen LogP contribution < -0.4 is 32.7 Å². The van der Waals surface area contributed by atoms with E-state index in [0.29, 0.717) is 13.0 Å². The van der Waals surface area contributed by atoms with Crippen molar-refractivity contribution in [1.29, 1.82) is 0 Å². The van der Waals surface area contributed by atoms with Gasteiger partial charge in [0.25, 0.3) is 0 Å². The Bertz CT molecular complexity index is 1320. The van der Waals surface area contributed by atoms with E-state index in [1.165, 1.54) is 24.0 Å². The second-order valence-corrected chi connectivity index (χ2v) is 10.3. The molecule has 15 heteroatoms. The average molecular weight is 632 g/mol. The number of aliphatic imine (C=N–C) groups is 1. The highest BCUT2D eigenvalue weighted by Gasteiger charge is 2.26. The van der Waals surface area contributed by atoms with E-state index in [4.69, 9.17) is 16.6 Å². The SMILES string of the molecule is CCC.CNCC(=O)NC(Cc1c[nH]c2ccccc12)C(=O)NCC(=O)NC(CCCN=C(N)N)C(=O)c1nccs1.CO. The van der Waals surface area contributed by atoms with Crippen molar-refractivity contribution in [2.45, 2.75) is 51.6 Å². The van der Waals surface area contributed by atoms with E-state index in [-0.39, 0.29) is 48.6 Å². The average Bonchev–Trinajstić information content (AvgIpc) is 3.69. The highest BCUT2D eigenvalue weighted by molar-refractivity contribution is 7.11. The molecule has 3 amide bonds. The minimum absolute atomic E-state index is 0.0263. The Morgan fingerprint density at radius 1 is 1.05 bits per heavy atom. The van der Waals surface area contributed by atoms with Gasteiger partial charge in [-0.25, -0.2) is 4.98 Å². The Morgan fingerprint density at radius 3 is 2.34 bits per heavy atom. The predicted octanol–water partition coefficient (Wildman–Crippen LogP) is 0.433. The third-order valence-electron chi connectivity index (χ3n) is 5.75. The van der Waals surface area contributed by atoms with Crippen molar-refractivity contribution in [3.8, 4) is 0 Å². The third-order valence-corrected chi connectivity index (χ3v) is 6.54. The number of hydrogen-bond donors (Lipinski definition) is 8. The molecule has 0 bridgehead atoms. The first-order valence-electron chi connectivity index (χ1n) is 14.2. The second-order valence-electron chi connectivity index (χ2n) is 9.41. The first kappa shape index (κ1) is 37.7. The number of likely N-dealkylation sites (N-methyl/N-ethyl adjacent to an activating group) is 1. The van der Waals surface area contributed by atoms with E-state index < -0.39 is 23.9 Å². The highest BCUT2D eigenvalue weighted by atomic mass is 32.1. The molecule has 0 aliphatic carbocycles. The summed E-state index contributed by atoms with van der Waals surface area (Å²) >= 11 is 1.17. The molecule has 0 fully saturated rings. The molecule has 0 aliphatic heterocycles. The number of nitrogens with two attached hydrogens (primary N) is 2. The van der Waals surface area contributed by atoms with Gasteiger partial charge >= 0.3 is 0 Å². The third kappa shape index (κ3) is 13.3. The summed E-state index contributed by atoms with van der Waals surface area (Å²) in [5.41, 5.74) is 12.4. The van der Waals surface area contributed by atoms with Gasteiger partial charge in [0.2, 0.25) is 23.5 Å². The maximum atomic E-state index is 13.1. The molecule has 44 heavy (non-hydrogen) atoms. The number of aliphatic hydroxyl groups excluding tert-OH is 1. The molecule has 2 atom stereocenters. The summed E-state index contributed by atoms with van der Waals surface area (Å²) < 4.78 is 0. The van der Waals surface area contributed by atoms with Gasteiger partial charge in [-0.05, 0) is 31.5 Å². The van der Waals surface area contributed by atoms with Crippen LogP contribution in [0.25, 0.3) is 10.9 Å². The summed E-state index contributed by atoms with van der Waals surface area (Å²) in [5, 5.41) is 20.6. The summed E-state index contributed by atoms with van der Waals surface area (Å²) in [5.74, 6) is -1.86. The number of fused-ring (bicyclic) bond motifs is 1. The van der Waals surface area contributed by atoms with E-state index >= 15 is 0 Å². The van der Waals surface area contributed by atoms with E-state index in [1.54, 1.807) is 18.6 Å². The fourth-order valence-corrected chi connectivity index (χ4v) is 4.57. The number of carbonyl (C=O) groups excluding carboxylic acids is 4. The van der Waals surface area contributed by atoms with Crippen molar-refractivity contribution in [2.24, 2.45) is 16.5 Å². The Hall–Kier alpha value is -4.34. The van der Waals surface area contributed by atoms with Gasteiger partial charge in [-0.3, -0.25) is 24.2 Å². The lowest BCUT2D eigenvalue weighted by atomic mass is 10.0. The number of benzene rings is 1. The molecule has 10 N–H and O–H groups in total. The van der Waals surface area contributed by atoms with E-state index in [1.807, 2.05) is 24.3 Å². The van der Waals surface area contributed by atoms with Crippen molar-refractivity contribution in [1.82, 2.24) is 31.2 Å². The molecule has 14 nitrogen and oxygen atoms in total. The van der Waals surface area contributed by atoms with Crippen LogP contribution in [0.4, 0.5) is 0 Å². The summed E-state index contributed by atoms with van der Waals surface area (Å²) in [4.78, 5) is 62.1. The first-order valence-corrected chi connectivity index (χ1v) is 15.1. The number of aliphatic hydroxyl groups is 1. The summed E-state index contributed by atoms with van der Waals surface area (Å²) in [6.45, 7) is 4.18. The molecule has 0 radical (unpaired) electrons. The van der Waals surface area contributed by atoms with Gasteiger partial charge in [0, 0.05) is 48.8 Å². The number of thiazole rings is 1. The molecule has 0 spiro atoms. The van der Waals surface area contributed by atoms with Crippen LogP contribution in [-0.2, 0) is 20.8 Å². The molecule has 0 aliphatic rings. The second kappa shape index (κ2) is 21.4. The highest BCUT2D eigenvalue weighted by Crippen LogP contribution is 2.19. The number of para-hydroxylation sites is 1. The molecule has 3 rings (SSSR count). The number of Topliss-reactive ketones (excluding diaryl/α,β-unsaturated/α-hetero) is 1. The summed E-state index contributed by atoms with van der Waals surface area (Å²) in [7, 11) is 2.62. The van der Waals surface area contributed by atoms with Crippen LogP contribution in [-0.4, -0.2) is 90.4 Å². The number of hydrogen-bond acceptors (Lipinski definition) is 9. The molecular formula is C29H45N9O5S. The predicted molar refractivity (Wildman–Crippen MR) is 173 cm³/mol. The van der Waals surface area contributed by atoms with Crippen LogP contribution in [0.5, 0.6) is 0 Å². The van der Waals surface area contributed by atoms with Crippen LogP contribution in [0, 0.1) is 0 Å². The van der Waals surface area contributed by atoms with Crippen LogP contribution in [0.1, 0.15) is 48.5 Å². The maximum absolute atomic E-state index is 13.1. The maximum Gasteiger partial charge on any atom is 0.243 e. The number of aromatic amines is 1. The minimum atomic E-state index is -0.926. The summed E-state index contributed by atoms with van der Waals surface area (Å²) in [6.07, 6.45) is 5.48. The van der Waals surface area contributed by atoms with Crippen LogP contribution in [0.15, 0.2) is 47.0 Å². The fourth-order valence-electron chi connectivity index (χ4n) is 3.94. The van der Waals surface area contributed by atoms with Gasteiger partial charge in [0.05, 0.1) is 19.1 Å². The van der Waals surface area contributed by atoms with Crippen molar-refractivity contribution in [3.63, 3.8) is 0 Å². The van der Waals surface area contributed by atoms with Gasteiger partial charge in [0.1, 0.15) is 6.04 Å². The molecule has 0 saturated carbocycles. The number of aromatic nitrogens is 2. The van der Waals surface area contributed by atoms with Crippen LogP contribution in [0.3, 0.4) is 0 Å². The summed E-state index contributed by atoms with van der Waals surface area (Å²) in [6, 6.07) is 5.83. The molecule has 2 unspecified atom stereocenters. The van der Waals surface area contributed by atoms with Gasteiger partial charge in [-0.1, -0.05) is 38.5 Å². The van der Waals surface area contributed by atoms with Crippen molar-refractivity contribution >= 4 is 51.7 Å². The molecule has 1 aromatic carbocycles. The minimum Gasteiger partial charge on any atom is -0.400 e. The largest absolute Gasteiger partial charge is 0.400 e. The Kier molecular flexibility index (Phi) is 18.3. The topological polar surface area (TPSA) is 230 Å². The number of nitrogens with zero attached hydrogens (tertiary/aromatic N) is 2. The zero-order chi connectivity index (χ0) is 32.9. The van der Waals surface area contributed by atoms with Crippen LogP contribution >= 0.6 is 11.3 Å². The fraction of sp³-hybridized carbons (Fsp3) is 0.448. The van der Waals surface area contributed by atoms with E-state index in [9.17, 15) is 19.2 Å². The number of ketones is 1. The van der Waals surface area contributed by atoms with Crippen molar-refractivity contribution in [2.75, 3.05) is 33.8 Å². The van der Waals surface area contributed by atoms with E-state index in [2.05, 4.69) is 50.1 Å². The molecular weight excluding hydrogens is 586 g/mol. The lowest BCUT2D eigenvalue weighted by Gasteiger charge is -2.20. The standard InChI is InChI=1S/C25H33N9O4S.C3H8.CH4O/c1-28-13-20(35)34-19(11-15-12-31-17-6-3-2-5-16(15)17)23(38)32-14-21(36)33-18(7-4-8-30-25(26)27)22(37)24-29-9-10-39-24;1-3-2;1-2/h2-3,5-6,9-10,12,18-19,28,31H,4,7-8,11,13-14H2,1H3,(H,32,38)(H,33,36)(H,34,35)(H4,26,27,30);3H2,1-2H3;2H,1H3. The zero-order valence-electron chi connectivity index (χ0n) is 25.7. The number of guanidine groups is 1. The lowest BCUT2D eigenvalue weighted by molar-refractivity contribution is -0.130. The van der Waals surface area contributed by atoms with Gasteiger partial charge in [-0.2, -0.15) is 0 Å². The number of amides is 3. The molecule has 3 aromatic rings. The number of rotatable bonds is 15. The normalized spacial score (nSPS) is 11.5. The Balaban J connectivity index is 0.00000182. The zero-order valence-corrected chi connectivity index (χ0v) is 26.5. The van der Waals surface area contributed by atoms with Crippen molar-refractivity contribution < 1.29 is 24.3 Å². The number of nitrogens with one attached hydrogen (secondary N) is 5. The number of carbonyl (C=O) groups is 4. The van der Waals surface area contributed by atoms with Crippen LogP contribution in [0.2, 0.25) is 0 Å². The monoisotopic (exact) mass is 631 g/mol. The van der Waals surface area contributed by atoms with Crippen molar-refractivity contribution in [3.05, 3.63) is 52.6 Å². The van der Waals surface area contributed by atoms with Gasteiger partial charge in [0.15, 0.2) is 11.0 Å². The molecule has 2 aromatic heterocycles. The number of H-pyrrole nitrogens is 1. The Morgan fingerprint density at radius 2 is 1.70 bits per heavy atom. The molecule has 2 heterocycles.